The van der Waals surface area contributed by atoms with Gasteiger partial charge in [-0.2, -0.15) is 0 Å². The number of halogens is 1. The highest BCUT2D eigenvalue weighted by Gasteiger charge is 2.13. The molecule has 0 aliphatic carbocycles. The van der Waals surface area contributed by atoms with E-state index in [4.69, 9.17) is 4.74 Å². The van der Waals surface area contributed by atoms with Gasteiger partial charge in [0.1, 0.15) is 9.86 Å². The average Bonchev–Trinajstić information content (AvgIpc) is 2.59. The molecule has 0 aliphatic rings. The van der Waals surface area contributed by atoms with Crippen LogP contribution in [0.25, 0.3) is 21.5 Å². The van der Waals surface area contributed by atoms with Crippen LogP contribution in [-0.4, -0.2) is 4.11 Å². The molecule has 23 heavy (non-hydrogen) atoms. The lowest BCUT2D eigenvalue weighted by Gasteiger charge is -2.18. The molecule has 0 heterocycles. The van der Waals surface area contributed by atoms with Crippen LogP contribution in [-0.2, 0) is 6.42 Å². The fourth-order valence-electron chi connectivity index (χ4n) is 2.97. The van der Waals surface area contributed by atoms with Crippen molar-refractivity contribution in [2.75, 3.05) is 0 Å². The van der Waals surface area contributed by atoms with Gasteiger partial charge in [-0.15, -0.1) is 0 Å². The molecule has 0 radical (unpaired) electrons. The first kappa shape index (κ1) is 16.6. The number of hydrogen-bond donors (Lipinski definition) is 0. The van der Waals surface area contributed by atoms with E-state index >= 15 is 0 Å². The number of rotatable bonds is 6. The lowest BCUT2D eigenvalue weighted by molar-refractivity contribution is 0.294. The Morgan fingerprint density at radius 1 is 0.957 bits per heavy atom. The SMILES string of the molecule is CCCCC(I)Oc1c2ccccc2cc2ccc(CC)cc12. The third-order valence-electron chi connectivity index (χ3n) is 4.32. The fraction of sp³-hybridized carbons (Fsp3) is 0.333. The molecule has 0 saturated carbocycles. The van der Waals surface area contributed by atoms with E-state index in [2.05, 4.69) is 85.0 Å². The van der Waals surface area contributed by atoms with Crippen molar-refractivity contribution in [2.45, 2.75) is 43.6 Å². The summed E-state index contributed by atoms with van der Waals surface area (Å²) in [6.45, 7) is 4.43. The smallest absolute Gasteiger partial charge is 0.149 e. The summed E-state index contributed by atoms with van der Waals surface area (Å²) in [4.78, 5) is 0. The van der Waals surface area contributed by atoms with Crippen LogP contribution in [0.2, 0.25) is 0 Å². The van der Waals surface area contributed by atoms with Crippen LogP contribution in [0.5, 0.6) is 5.75 Å². The Balaban J connectivity index is 2.15. The molecule has 0 fully saturated rings. The van der Waals surface area contributed by atoms with Gasteiger partial charge in [-0.3, -0.25) is 0 Å². The Hall–Kier alpha value is -1.29. The van der Waals surface area contributed by atoms with E-state index in [9.17, 15) is 0 Å². The minimum absolute atomic E-state index is 0.215. The van der Waals surface area contributed by atoms with Gasteiger partial charge in [-0.25, -0.2) is 0 Å². The quantitative estimate of drug-likeness (QED) is 0.241. The molecule has 0 amide bonds. The summed E-state index contributed by atoms with van der Waals surface area (Å²) in [5.41, 5.74) is 1.36. The number of unbranched alkanes of at least 4 members (excludes halogenated alkanes) is 1. The first-order valence-electron chi connectivity index (χ1n) is 8.48. The Kier molecular flexibility index (Phi) is 5.42. The lowest BCUT2D eigenvalue weighted by atomic mass is 9.99. The molecule has 3 rings (SSSR count). The molecule has 120 valence electrons. The van der Waals surface area contributed by atoms with Crippen molar-refractivity contribution >= 4 is 44.1 Å². The van der Waals surface area contributed by atoms with Gasteiger partial charge in [0.05, 0.1) is 0 Å². The van der Waals surface area contributed by atoms with E-state index in [1.807, 2.05) is 0 Å². The number of aryl methyl sites for hydroxylation is 1. The van der Waals surface area contributed by atoms with E-state index in [1.165, 1.54) is 39.9 Å². The average molecular weight is 418 g/mol. The van der Waals surface area contributed by atoms with E-state index in [-0.39, 0.29) is 4.11 Å². The van der Waals surface area contributed by atoms with E-state index in [0.717, 1.165) is 18.6 Å². The largest absolute Gasteiger partial charge is 0.479 e. The van der Waals surface area contributed by atoms with Crippen LogP contribution in [0.4, 0.5) is 0 Å². The van der Waals surface area contributed by atoms with Crippen LogP contribution >= 0.6 is 22.6 Å². The lowest BCUT2D eigenvalue weighted by Crippen LogP contribution is -2.08. The van der Waals surface area contributed by atoms with Crippen molar-refractivity contribution in [1.29, 1.82) is 0 Å². The molecule has 2 heteroatoms. The van der Waals surface area contributed by atoms with E-state index in [1.54, 1.807) is 0 Å². The highest BCUT2D eigenvalue weighted by atomic mass is 127. The number of fused-ring (bicyclic) bond motifs is 2. The Morgan fingerprint density at radius 3 is 2.52 bits per heavy atom. The van der Waals surface area contributed by atoms with E-state index in [0.29, 0.717) is 0 Å². The van der Waals surface area contributed by atoms with Gasteiger partial charge < -0.3 is 4.74 Å². The Labute approximate surface area is 152 Å². The molecule has 0 bridgehead atoms. The molecule has 1 nitrogen and oxygen atoms in total. The monoisotopic (exact) mass is 418 g/mol. The molecule has 3 aromatic carbocycles. The highest BCUT2D eigenvalue weighted by molar-refractivity contribution is 14.1. The van der Waals surface area contributed by atoms with Crippen LogP contribution in [0.1, 0.15) is 38.7 Å². The van der Waals surface area contributed by atoms with Crippen LogP contribution in [0.3, 0.4) is 0 Å². The molecule has 1 unspecified atom stereocenters. The zero-order chi connectivity index (χ0) is 16.2. The highest BCUT2D eigenvalue weighted by Crippen LogP contribution is 2.37. The molecule has 0 aromatic heterocycles. The van der Waals surface area contributed by atoms with Gasteiger partial charge in [0.25, 0.3) is 0 Å². The number of hydrogen-bond acceptors (Lipinski definition) is 1. The Bertz CT molecular complexity index is 809. The predicted octanol–water partition coefficient (Wildman–Crippen LogP) is 6.89. The molecule has 0 spiro atoms. The third kappa shape index (κ3) is 3.63. The van der Waals surface area contributed by atoms with Crippen molar-refractivity contribution in [1.82, 2.24) is 0 Å². The fourth-order valence-corrected chi connectivity index (χ4v) is 3.66. The summed E-state index contributed by atoms with van der Waals surface area (Å²) in [5.74, 6) is 1.05. The van der Waals surface area contributed by atoms with Crippen LogP contribution < -0.4 is 4.74 Å². The zero-order valence-electron chi connectivity index (χ0n) is 13.8. The topological polar surface area (TPSA) is 9.23 Å². The molecule has 0 saturated heterocycles. The maximum Gasteiger partial charge on any atom is 0.149 e. The van der Waals surface area contributed by atoms with Gasteiger partial charge in [0.15, 0.2) is 0 Å². The van der Waals surface area contributed by atoms with Crippen LogP contribution in [0, 0.1) is 0 Å². The van der Waals surface area contributed by atoms with Crippen molar-refractivity contribution in [2.24, 2.45) is 0 Å². The Morgan fingerprint density at radius 2 is 1.74 bits per heavy atom. The van der Waals surface area contributed by atoms with E-state index < -0.39 is 0 Å². The molecule has 1 atom stereocenters. The molecular weight excluding hydrogens is 395 g/mol. The predicted molar refractivity (Wildman–Crippen MR) is 109 cm³/mol. The standard InChI is InChI=1S/C21H23IO/c1-3-5-10-20(22)23-21-18-9-7-6-8-16(18)14-17-12-11-15(4-2)13-19(17)21/h6-9,11-14,20H,3-5,10H2,1-2H3. The normalized spacial score (nSPS) is 12.7. The molecular formula is C21H23IO. The van der Waals surface area contributed by atoms with Gasteiger partial charge in [0, 0.05) is 10.8 Å². The first-order chi connectivity index (χ1) is 11.2. The summed E-state index contributed by atoms with van der Waals surface area (Å²) < 4.78 is 6.64. The van der Waals surface area contributed by atoms with Gasteiger partial charge in [-0.05, 0) is 70.3 Å². The summed E-state index contributed by atoms with van der Waals surface area (Å²) in [5, 5.41) is 4.96. The molecule has 0 aliphatic heterocycles. The first-order valence-corrected chi connectivity index (χ1v) is 9.72. The third-order valence-corrected chi connectivity index (χ3v) is 5.19. The second-order valence-corrected chi connectivity index (χ2v) is 7.40. The van der Waals surface area contributed by atoms with Crippen molar-refractivity contribution in [3.63, 3.8) is 0 Å². The summed E-state index contributed by atoms with van der Waals surface area (Å²) >= 11 is 2.43. The summed E-state index contributed by atoms with van der Waals surface area (Å²) in [7, 11) is 0. The summed E-state index contributed by atoms with van der Waals surface area (Å²) in [6.07, 6.45) is 4.55. The van der Waals surface area contributed by atoms with Crippen molar-refractivity contribution in [3.8, 4) is 5.75 Å². The maximum absolute atomic E-state index is 6.43. The van der Waals surface area contributed by atoms with Gasteiger partial charge >= 0.3 is 0 Å². The molecule has 3 aromatic rings. The van der Waals surface area contributed by atoms with Crippen LogP contribution in [0.15, 0.2) is 48.5 Å². The van der Waals surface area contributed by atoms with Gasteiger partial charge in [0.2, 0.25) is 0 Å². The van der Waals surface area contributed by atoms with Crippen molar-refractivity contribution < 1.29 is 4.74 Å². The number of alkyl halides is 1. The number of benzene rings is 3. The van der Waals surface area contributed by atoms with Gasteiger partial charge in [-0.1, -0.05) is 56.7 Å². The zero-order valence-corrected chi connectivity index (χ0v) is 16.0. The molecule has 0 N–H and O–H groups in total. The maximum atomic E-state index is 6.43. The minimum atomic E-state index is 0.215. The summed E-state index contributed by atoms with van der Waals surface area (Å²) in [6, 6.07) is 17.5. The minimum Gasteiger partial charge on any atom is -0.479 e. The number of ether oxygens (including phenoxy) is 1. The van der Waals surface area contributed by atoms with Crippen molar-refractivity contribution in [3.05, 3.63) is 54.1 Å². The second-order valence-electron chi connectivity index (χ2n) is 6.01. The second kappa shape index (κ2) is 7.52.